The van der Waals surface area contributed by atoms with Gasteiger partial charge in [0.2, 0.25) is 11.9 Å². The van der Waals surface area contributed by atoms with Crippen molar-refractivity contribution >= 4 is 11.9 Å². The van der Waals surface area contributed by atoms with Crippen molar-refractivity contribution in [2.24, 2.45) is 11.3 Å². The highest BCUT2D eigenvalue weighted by Gasteiger charge is 2.40. The van der Waals surface area contributed by atoms with Crippen molar-refractivity contribution in [3.63, 3.8) is 0 Å². The van der Waals surface area contributed by atoms with Gasteiger partial charge in [-0.05, 0) is 56.1 Å². The van der Waals surface area contributed by atoms with Crippen LogP contribution in [-0.4, -0.2) is 27.1 Å². The number of aliphatic hydroxyl groups excluding tert-OH is 1. The molecule has 0 aliphatic carbocycles. The first-order valence-electron chi connectivity index (χ1n) is 11.5. The normalized spacial score (nSPS) is 14.2. The zero-order chi connectivity index (χ0) is 23.0. The summed E-state index contributed by atoms with van der Waals surface area (Å²) >= 11 is 0. The van der Waals surface area contributed by atoms with E-state index in [0.29, 0.717) is 24.7 Å². The number of imidazole rings is 1. The van der Waals surface area contributed by atoms with Crippen molar-refractivity contribution in [3.05, 3.63) is 83.7 Å². The summed E-state index contributed by atoms with van der Waals surface area (Å²) in [4.78, 5) is 20.9. The fourth-order valence-corrected chi connectivity index (χ4v) is 4.05. The van der Waals surface area contributed by atoms with Crippen molar-refractivity contribution in [3.8, 4) is 0 Å². The molecule has 0 spiro atoms. The predicted octanol–water partition coefficient (Wildman–Crippen LogP) is 5.18. The molecule has 1 heterocycles. The number of anilines is 1. The monoisotopic (exact) mass is 433 g/mol. The van der Waals surface area contributed by atoms with Gasteiger partial charge in [0.1, 0.15) is 0 Å². The van der Waals surface area contributed by atoms with Crippen LogP contribution in [0.25, 0.3) is 0 Å². The molecule has 32 heavy (non-hydrogen) atoms. The van der Waals surface area contributed by atoms with Crippen LogP contribution < -0.4 is 5.32 Å². The maximum Gasteiger partial charge on any atom is 0.235 e. The molecular weight excluding hydrogens is 398 g/mol. The summed E-state index contributed by atoms with van der Waals surface area (Å²) in [6, 6.07) is 20.1. The highest BCUT2D eigenvalue weighted by atomic mass is 16.3. The molecular formula is C27H35N3O2. The van der Waals surface area contributed by atoms with Crippen molar-refractivity contribution < 1.29 is 9.90 Å². The first-order chi connectivity index (χ1) is 15.4. The third kappa shape index (κ3) is 6.54. The van der Waals surface area contributed by atoms with Crippen LogP contribution in [-0.2, 0) is 24.1 Å². The average Bonchev–Trinajstić information content (AvgIpc) is 3.21. The van der Waals surface area contributed by atoms with E-state index in [2.05, 4.69) is 41.3 Å². The van der Waals surface area contributed by atoms with Crippen LogP contribution >= 0.6 is 0 Å². The minimum absolute atomic E-state index is 0.223. The quantitative estimate of drug-likeness (QED) is 0.390. The Labute approximate surface area is 191 Å². The first-order valence-corrected chi connectivity index (χ1v) is 11.5. The van der Waals surface area contributed by atoms with Crippen LogP contribution in [0.4, 0.5) is 5.95 Å². The number of nitrogens with one attached hydrogen (secondary N) is 2. The van der Waals surface area contributed by atoms with Crippen molar-refractivity contribution in [1.82, 2.24) is 9.97 Å². The van der Waals surface area contributed by atoms with Crippen molar-refractivity contribution in [1.29, 1.82) is 0 Å². The van der Waals surface area contributed by atoms with E-state index < -0.39 is 11.5 Å². The summed E-state index contributed by atoms with van der Waals surface area (Å²) in [6.45, 7) is 6.13. The first kappa shape index (κ1) is 23.7. The molecule has 5 nitrogen and oxygen atoms in total. The van der Waals surface area contributed by atoms with E-state index in [0.717, 1.165) is 30.5 Å². The number of rotatable bonds is 11. The summed E-state index contributed by atoms with van der Waals surface area (Å²) in [5.74, 6) is 0.703. The molecule has 1 aromatic heterocycles. The summed E-state index contributed by atoms with van der Waals surface area (Å²) in [7, 11) is 0. The summed E-state index contributed by atoms with van der Waals surface area (Å²) in [5, 5.41) is 14.1. The van der Waals surface area contributed by atoms with Gasteiger partial charge in [0.15, 0.2) is 0 Å². The minimum Gasteiger partial charge on any atom is -0.392 e. The number of benzene rings is 2. The standard InChI is InChI=1S/C27H35N3O2/c1-20(2)17-23-19-28-26(29-23)30-25(32)27(3,18-22-13-8-5-9-14-22)24(31)16-10-15-21-11-6-4-7-12-21/h4-9,11-14,19-20,24,31H,10,15-18H2,1-3H3,(H2,28,29,30,32). The third-order valence-electron chi connectivity index (χ3n) is 5.94. The lowest BCUT2D eigenvalue weighted by Crippen LogP contribution is -2.45. The van der Waals surface area contributed by atoms with Gasteiger partial charge in [-0.25, -0.2) is 4.98 Å². The maximum atomic E-state index is 13.4. The highest BCUT2D eigenvalue weighted by molar-refractivity contribution is 5.94. The molecule has 3 aromatic rings. The Hall–Kier alpha value is -2.92. The lowest BCUT2D eigenvalue weighted by molar-refractivity contribution is -0.131. The van der Waals surface area contributed by atoms with Gasteiger partial charge in [-0.2, -0.15) is 0 Å². The van der Waals surface area contributed by atoms with Crippen LogP contribution in [0.5, 0.6) is 0 Å². The number of carbonyl (C=O) groups excluding carboxylic acids is 1. The number of hydrogen-bond donors (Lipinski definition) is 3. The minimum atomic E-state index is -0.983. The Morgan fingerprint density at radius 2 is 1.69 bits per heavy atom. The van der Waals surface area contributed by atoms with E-state index in [1.807, 2.05) is 55.5 Å². The molecule has 2 atom stereocenters. The van der Waals surface area contributed by atoms with E-state index >= 15 is 0 Å². The molecule has 0 aliphatic rings. The van der Waals surface area contributed by atoms with Gasteiger partial charge in [0.05, 0.1) is 17.7 Å². The van der Waals surface area contributed by atoms with E-state index in [9.17, 15) is 9.90 Å². The van der Waals surface area contributed by atoms with Gasteiger partial charge in [-0.1, -0.05) is 74.5 Å². The van der Waals surface area contributed by atoms with Gasteiger partial charge in [0, 0.05) is 5.69 Å². The van der Waals surface area contributed by atoms with Crippen molar-refractivity contribution in [2.75, 3.05) is 5.32 Å². The second kappa shape index (κ2) is 11.1. The number of nitrogens with zero attached hydrogens (tertiary/aromatic N) is 1. The van der Waals surface area contributed by atoms with Crippen LogP contribution in [0.1, 0.15) is 50.4 Å². The van der Waals surface area contributed by atoms with E-state index in [1.54, 1.807) is 6.20 Å². The van der Waals surface area contributed by atoms with Crippen LogP contribution in [0, 0.1) is 11.3 Å². The molecule has 2 unspecified atom stereocenters. The second-order valence-electron chi connectivity index (χ2n) is 9.28. The van der Waals surface area contributed by atoms with E-state index in [1.165, 1.54) is 5.56 Å². The van der Waals surface area contributed by atoms with Gasteiger partial charge in [-0.3, -0.25) is 10.1 Å². The largest absolute Gasteiger partial charge is 0.392 e. The van der Waals surface area contributed by atoms with E-state index in [4.69, 9.17) is 0 Å². The summed E-state index contributed by atoms with van der Waals surface area (Å²) < 4.78 is 0. The molecule has 0 saturated heterocycles. The fourth-order valence-electron chi connectivity index (χ4n) is 4.05. The van der Waals surface area contributed by atoms with Crippen LogP contribution in [0.2, 0.25) is 0 Å². The Morgan fingerprint density at radius 1 is 1.06 bits per heavy atom. The molecule has 0 saturated carbocycles. The maximum absolute atomic E-state index is 13.4. The lowest BCUT2D eigenvalue weighted by atomic mass is 9.75. The summed E-state index contributed by atoms with van der Waals surface area (Å²) in [6.07, 6.45) is 4.53. The smallest absolute Gasteiger partial charge is 0.235 e. The average molecular weight is 434 g/mol. The number of aromatic nitrogens is 2. The van der Waals surface area contributed by atoms with Gasteiger partial charge in [-0.15, -0.1) is 0 Å². The Balaban J connectivity index is 1.72. The summed E-state index contributed by atoms with van der Waals surface area (Å²) in [5.41, 5.74) is 2.26. The van der Waals surface area contributed by atoms with Crippen molar-refractivity contribution in [2.45, 2.75) is 59.0 Å². The van der Waals surface area contributed by atoms with Gasteiger partial charge in [0.25, 0.3) is 0 Å². The molecule has 0 aliphatic heterocycles. The lowest BCUT2D eigenvalue weighted by Gasteiger charge is -2.33. The Morgan fingerprint density at radius 3 is 2.31 bits per heavy atom. The molecule has 0 fully saturated rings. The fraction of sp³-hybridized carbons (Fsp3) is 0.407. The number of aromatic amines is 1. The molecule has 3 N–H and O–H groups in total. The number of amides is 1. The SMILES string of the molecule is CC(C)Cc1cnc(NC(=O)C(C)(Cc2ccccc2)C(O)CCCc2ccccc2)[nH]1. The van der Waals surface area contributed by atoms with Crippen LogP contribution in [0.3, 0.4) is 0 Å². The van der Waals surface area contributed by atoms with Gasteiger partial charge >= 0.3 is 0 Å². The second-order valence-corrected chi connectivity index (χ2v) is 9.28. The molecule has 2 aromatic carbocycles. The zero-order valence-electron chi connectivity index (χ0n) is 19.3. The number of carbonyl (C=O) groups is 1. The van der Waals surface area contributed by atoms with Gasteiger partial charge < -0.3 is 10.1 Å². The number of H-pyrrole nitrogens is 1. The highest BCUT2D eigenvalue weighted by Crippen LogP contribution is 2.31. The Kier molecular flexibility index (Phi) is 8.23. The topological polar surface area (TPSA) is 78.0 Å². The van der Waals surface area contributed by atoms with E-state index in [-0.39, 0.29) is 5.91 Å². The third-order valence-corrected chi connectivity index (χ3v) is 5.94. The molecule has 3 rings (SSSR count). The predicted molar refractivity (Wildman–Crippen MR) is 129 cm³/mol. The number of aryl methyl sites for hydroxylation is 1. The number of hydrogen-bond acceptors (Lipinski definition) is 3. The molecule has 0 radical (unpaired) electrons. The number of aliphatic hydroxyl groups is 1. The molecule has 0 bridgehead atoms. The molecule has 170 valence electrons. The Bertz CT molecular complexity index is 969. The van der Waals surface area contributed by atoms with Crippen LogP contribution in [0.15, 0.2) is 66.9 Å². The molecule has 5 heteroatoms. The zero-order valence-corrected chi connectivity index (χ0v) is 19.3. The molecule has 1 amide bonds.